The number of carboxylic acid groups (broad SMARTS) is 1. The Morgan fingerprint density at radius 3 is 2.65 bits per heavy atom. The van der Waals surface area contributed by atoms with E-state index >= 15 is 0 Å². The number of aliphatic hydroxyl groups excluding tert-OH is 1. The third kappa shape index (κ3) is 5.34. The van der Waals surface area contributed by atoms with E-state index in [2.05, 4.69) is 34.6 Å². The van der Waals surface area contributed by atoms with E-state index < -0.39 is 14.0 Å². The Bertz CT molecular complexity index is 945. The van der Waals surface area contributed by atoms with Gasteiger partial charge in [0.05, 0.1) is 18.0 Å². The molecule has 3 heterocycles. The highest BCUT2D eigenvalue weighted by atomic mass is 28.3. The maximum absolute atomic E-state index is 11.7. The van der Waals surface area contributed by atoms with Gasteiger partial charge in [0.25, 0.3) is 0 Å². The minimum Gasteiger partial charge on any atom is -0.477 e. The maximum atomic E-state index is 11.7. The Morgan fingerprint density at radius 2 is 2.00 bits per heavy atom. The maximum Gasteiger partial charge on any atom is 0.354 e. The summed E-state index contributed by atoms with van der Waals surface area (Å²) in [6.07, 6.45) is 1.74. The van der Waals surface area contributed by atoms with Gasteiger partial charge >= 0.3 is 5.97 Å². The van der Waals surface area contributed by atoms with Crippen LogP contribution in [0.2, 0.25) is 25.7 Å². The number of pyridine rings is 1. The molecule has 0 spiro atoms. The van der Waals surface area contributed by atoms with Gasteiger partial charge in [0.15, 0.2) is 0 Å². The van der Waals surface area contributed by atoms with E-state index in [0.717, 1.165) is 42.4 Å². The minimum atomic E-state index is -1.21. The van der Waals surface area contributed by atoms with Gasteiger partial charge in [-0.2, -0.15) is 5.10 Å². The summed E-state index contributed by atoms with van der Waals surface area (Å²) in [6.45, 7) is 9.48. The number of fused-ring (bicyclic) bond motifs is 1. The van der Waals surface area contributed by atoms with E-state index in [1.165, 1.54) is 11.1 Å². The lowest BCUT2D eigenvalue weighted by Crippen LogP contribution is -2.23. The van der Waals surface area contributed by atoms with Crippen molar-refractivity contribution < 1.29 is 19.7 Å². The second-order valence-corrected chi connectivity index (χ2v) is 15.6. The number of carbonyl (C=O) groups is 1. The third-order valence-corrected chi connectivity index (χ3v) is 7.84. The second-order valence-electron chi connectivity index (χ2n) is 9.94. The predicted octanol–water partition coefficient (Wildman–Crippen LogP) is 2.83. The minimum absolute atomic E-state index is 0.106. The lowest BCUT2D eigenvalue weighted by molar-refractivity contribution is 0.0590. The fraction of sp³-hybridized carbons (Fsp3) is 0.591. The summed E-state index contributed by atoms with van der Waals surface area (Å²) in [5.41, 5.74) is 2.21. The molecule has 2 atom stereocenters. The normalized spacial score (nSPS) is 20.2. The van der Waals surface area contributed by atoms with Gasteiger partial charge in [-0.25, -0.2) is 14.5 Å². The average molecular weight is 445 g/mol. The summed E-state index contributed by atoms with van der Waals surface area (Å²) in [4.78, 5) is 18.6. The molecular weight excluding hydrogens is 412 g/mol. The lowest BCUT2D eigenvalue weighted by Gasteiger charge is -2.20. The lowest BCUT2D eigenvalue weighted by atomic mass is 10.1. The molecule has 0 radical (unpaired) electrons. The van der Waals surface area contributed by atoms with Crippen LogP contribution in [0, 0.1) is 11.8 Å². The van der Waals surface area contributed by atoms with E-state index in [0.29, 0.717) is 24.4 Å². The first-order chi connectivity index (χ1) is 14.7. The van der Waals surface area contributed by atoms with Crippen molar-refractivity contribution in [1.29, 1.82) is 0 Å². The molecule has 2 aromatic heterocycles. The van der Waals surface area contributed by atoms with Gasteiger partial charge < -0.3 is 19.8 Å². The number of aliphatic hydroxyl groups is 1. The number of hydrogen-bond acceptors (Lipinski definition) is 6. The smallest absolute Gasteiger partial charge is 0.354 e. The molecule has 1 aliphatic carbocycles. The number of hydrogen-bond donors (Lipinski definition) is 2. The molecule has 2 aliphatic rings. The van der Waals surface area contributed by atoms with Crippen LogP contribution in [0.25, 0.3) is 0 Å². The molecule has 2 unspecified atom stereocenters. The molecule has 2 fully saturated rings. The van der Waals surface area contributed by atoms with Crippen LogP contribution in [0.5, 0.6) is 0 Å². The molecule has 0 aromatic carbocycles. The number of aromatic carboxylic acids is 1. The number of ether oxygens (including phenoxy) is 1. The van der Waals surface area contributed by atoms with Crippen LogP contribution < -0.4 is 4.90 Å². The van der Waals surface area contributed by atoms with Gasteiger partial charge in [-0.15, -0.1) is 0 Å². The standard InChI is InChI=1S/C22H32N4O4Si/c1-31(2,3)7-6-30-14-26-20(22(28)29)10-18(24-26)9-15-4-5-21(23-19(15)13-27)25-11-16-8-17(16)12-25/h4-5,10,16-17,27H,6-9,11-14H2,1-3H3,(H,28,29). The molecule has 4 rings (SSSR count). The summed E-state index contributed by atoms with van der Waals surface area (Å²) >= 11 is 0. The van der Waals surface area contributed by atoms with E-state index in [-0.39, 0.29) is 19.0 Å². The summed E-state index contributed by atoms with van der Waals surface area (Å²) in [5.74, 6) is 1.50. The number of piperidine rings is 1. The van der Waals surface area contributed by atoms with E-state index in [9.17, 15) is 15.0 Å². The Morgan fingerprint density at radius 1 is 1.26 bits per heavy atom. The van der Waals surface area contributed by atoms with Gasteiger partial charge in [0.2, 0.25) is 0 Å². The topological polar surface area (TPSA) is 101 Å². The Kier molecular flexibility index (Phi) is 6.18. The molecule has 1 saturated carbocycles. The Hall–Kier alpha value is -2.23. The fourth-order valence-electron chi connectivity index (χ4n) is 4.13. The van der Waals surface area contributed by atoms with Crippen LogP contribution in [0.1, 0.15) is 33.9 Å². The van der Waals surface area contributed by atoms with Crippen LogP contribution in [0.15, 0.2) is 18.2 Å². The van der Waals surface area contributed by atoms with Crippen LogP contribution in [-0.2, 0) is 24.5 Å². The van der Waals surface area contributed by atoms with E-state index in [1.807, 2.05) is 12.1 Å². The number of aromatic nitrogens is 3. The molecule has 0 amide bonds. The molecule has 2 aromatic rings. The SMILES string of the molecule is C[Si](C)(C)CCOCn1nc(Cc2ccc(N3CC4CC4C3)nc2CO)cc1C(=O)O. The summed E-state index contributed by atoms with van der Waals surface area (Å²) in [7, 11) is -1.21. The first-order valence-electron chi connectivity index (χ1n) is 11.0. The number of anilines is 1. The second kappa shape index (κ2) is 8.72. The van der Waals surface area contributed by atoms with E-state index in [4.69, 9.17) is 4.74 Å². The first kappa shape index (κ1) is 22.0. The average Bonchev–Trinajstić information content (AvgIpc) is 3.12. The molecule has 31 heavy (non-hydrogen) atoms. The van der Waals surface area contributed by atoms with Crippen molar-refractivity contribution in [2.75, 3.05) is 24.6 Å². The van der Waals surface area contributed by atoms with Crippen molar-refractivity contribution >= 4 is 19.9 Å². The molecule has 0 bridgehead atoms. The van der Waals surface area contributed by atoms with Crippen molar-refractivity contribution in [2.24, 2.45) is 11.8 Å². The van der Waals surface area contributed by atoms with Gasteiger partial charge in [-0.05, 0) is 42.0 Å². The summed E-state index contributed by atoms with van der Waals surface area (Å²) in [5, 5.41) is 23.9. The number of carboxylic acids is 1. The van der Waals surface area contributed by atoms with Gasteiger partial charge in [0, 0.05) is 34.2 Å². The van der Waals surface area contributed by atoms with Crippen LogP contribution in [0.3, 0.4) is 0 Å². The summed E-state index contributed by atoms with van der Waals surface area (Å²) in [6, 6.07) is 6.56. The Balaban J connectivity index is 1.45. The molecule has 1 saturated heterocycles. The zero-order valence-corrected chi connectivity index (χ0v) is 19.5. The quantitative estimate of drug-likeness (QED) is 0.429. The summed E-state index contributed by atoms with van der Waals surface area (Å²) < 4.78 is 7.10. The third-order valence-electron chi connectivity index (χ3n) is 6.14. The van der Waals surface area contributed by atoms with Crippen molar-refractivity contribution in [3.8, 4) is 0 Å². The van der Waals surface area contributed by atoms with Crippen LogP contribution in [0.4, 0.5) is 5.82 Å². The number of nitrogens with zero attached hydrogens (tertiary/aromatic N) is 4. The van der Waals surface area contributed by atoms with Crippen LogP contribution >= 0.6 is 0 Å². The Labute approximate surface area is 183 Å². The monoisotopic (exact) mass is 444 g/mol. The molecule has 168 valence electrons. The highest BCUT2D eigenvalue weighted by Gasteiger charge is 2.45. The molecule has 8 nitrogen and oxygen atoms in total. The molecule has 2 N–H and O–H groups in total. The first-order valence-corrected chi connectivity index (χ1v) is 14.7. The van der Waals surface area contributed by atoms with E-state index in [1.54, 1.807) is 6.07 Å². The zero-order valence-electron chi connectivity index (χ0n) is 18.5. The molecule has 1 aliphatic heterocycles. The number of rotatable bonds is 10. The van der Waals surface area contributed by atoms with Gasteiger partial charge in [-0.3, -0.25) is 0 Å². The van der Waals surface area contributed by atoms with Crippen LogP contribution in [-0.4, -0.2) is 58.7 Å². The highest BCUT2D eigenvalue weighted by molar-refractivity contribution is 6.76. The highest BCUT2D eigenvalue weighted by Crippen LogP contribution is 2.46. The molecular formula is C22H32N4O4Si. The predicted molar refractivity (Wildman–Crippen MR) is 120 cm³/mol. The zero-order chi connectivity index (χ0) is 22.2. The van der Waals surface area contributed by atoms with Crippen molar-refractivity contribution in [2.45, 2.75) is 51.9 Å². The van der Waals surface area contributed by atoms with Gasteiger partial charge in [-0.1, -0.05) is 25.7 Å². The van der Waals surface area contributed by atoms with Crippen molar-refractivity contribution in [1.82, 2.24) is 14.8 Å². The van der Waals surface area contributed by atoms with Gasteiger partial charge in [0.1, 0.15) is 18.2 Å². The fourth-order valence-corrected chi connectivity index (χ4v) is 4.89. The van der Waals surface area contributed by atoms with Crippen molar-refractivity contribution in [3.05, 3.63) is 40.8 Å². The molecule has 9 heteroatoms. The van der Waals surface area contributed by atoms with Crippen molar-refractivity contribution in [3.63, 3.8) is 0 Å². The largest absolute Gasteiger partial charge is 0.477 e.